The molecule has 3 rings (SSSR count). The number of ether oxygens (including phenoxy) is 1. The molecule has 0 saturated carbocycles. The van der Waals surface area contributed by atoms with E-state index in [4.69, 9.17) is 4.74 Å². The largest absolute Gasteiger partial charge is 0.483 e. The zero-order valence-electron chi connectivity index (χ0n) is 16.8. The summed E-state index contributed by atoms with van der Waals surface area (Å²) in [7, 11) is 0. The van der Waals surface area contributed by atoms with E-state index in [-0.39, 0.29) is 42.4 Å². The summed E-state index contributed by atoms with van der Waals surface area (Å²) in [5.74, 6) is -5.23. The molecule has 2 aliphatic rings. The van der Waals surface area contributed by atoms with Crippen LogP contribution in [0.3, 0.4) is 0 Å². The summed E-state index contributed by atoms with van der Waals surface area (Å²) in [5, 5.41) is 11.0. The molecule has 0 atom stereocenters. The minimum Gasteiger partial charge on any atom is -0.483 e. The Labute approximate surface area is 170 Å². The number of hydrogen-bond donors (Lipinski definition) is 1. The highest BCUT2D eigenvalue weighted by atomic mass is 19.4. The van der Waals surface area contributed by atoms with Gasteiger partial charge in [0, 0.05) is 36.2 Å². The number of likely N-dealkylation sites (N-methyl/N-ethyl adjacent to an activating group) is 1. The van der Waals surface area contributed by atoms with Gasteiger partial charge < -0.3 is 14.8 Å². The van der Waals surface area contributed by atoms with E-state index in [1.54, 1.807) is 20.8 Å². The first-order valence-electron chi connectivity index (χ1n) is 9.56. The van der Waals surface area contributed by atoms with E-state index < -0.39 is 23.3 Å². The second-order valence-electron chi connectivity index (χ2n) is 7.85. The minimum absolute atomic E-state index is 0.0227. The van der Waals surface area contributed by atoms with Gasteiger partial charge in [-0.3, -0.25) is 4.79 Å². The molecule has 1 aromatic rings. The van der Waals surface area contributed by atoms with Crippen LogP contribution in [0.5, 0.6) is 5.75 Å². The average Bonchev–Trinajstić information content (AvgIpc) is 3.06. The Bertz CT molecular complexity index is 880. The van der Waals surface area contributed by atoms with Crippen LogP contribution < -0.4 is 4.74 Å². The van der Waals surface area contributed by atoms with Gasteiger partial charge in [-0.2, -0.15) is 27.0 Å². The lowest BCUT2D eigenvalue weighted by Crippen LogP contribution is -2.43. The first-order valence-corrected chi connectivity index (χ1v) is 9.56. The van der Waals surface area contributed by atoms with Crippen molar-refractivity contribution < 1.29 is 36.7 Å². The summed E-state index contributed by atoms with van der Waals surface area (Å²) in [6.07, 6.45) is -5.00. The van der Waals surface area contributed by atoms with Gasteiger partial charge in [0.2, 0.25) is 5.91 Å². The molecule has 0 aromatic heterocycles. The Morgan fingerprint density at radius 3 is 2.43 bits per heavy atom. The molecule has 10 heteroatoms. The third-order valence-corrected chi connectivity index (χ3v) is 5.38. The number of carbonyl (C=O) groups excluding carboxylic acids is 1. The van der Waals surface area contributed by atoms with Crippen molar-refractivity contribution in [3.05, 3.63) is 34.9 Å². The summed E-state index contributed by atoms with van der Waals surface area (Å²) in [6, 6.07) is 2.48. The van der Waals surface area contributed by atoms with Crippen molar-refractivity contribution in [3.8, 4) is 5.75 Å². The van der Waals surface area contributed by atoms with Gasteiger partial charge in [0.15, 0.2) is 0 Å². The topological polar surface area (TPSA) is 53.0 Å². The number of carbonyl (C=O) groups is 1. The molecule has 1 aromatic carbocycles. The Morgan fingerprint density at radius 2 is 1.90 bits per heavy atom. The van der Waals surface area contributed by atoms with Crippen LogP contribution in [0.15, 0.2) is 23.8 Å². The van der Waals surface area contributed by atoms with E-state index in [9.17, 15) is 32.0 Å². The zero-order valence-corrected chi connectivity index (χ0v) is 16.8. The summed E-state index contributed by atoms with van der Waals surface area (Å²) >= 11 is 0. The number of fused-ring (bicyclic) bond motifs is 1. The Morgan fingerprint density at radius 1 is 1.23 bits per heavy atom. The standard InChI is InChI=1S/C20H23F5N2O3/c1-4-26(29)11-14-17(27-9-5-6-16(27)28)13-10-12(19(21,22)20(23,24)25)7-8-15(13)30-18(14,2)3/h7-8,10,29H,4-6,9,11H2,1-3H3. The van der Waals surface area contributed by atoms with Gasteiger partial charge in [-0.25, -0.2) is 0 Å². The number of amides is 1. The van der Waals surface area contributed by atoms with Gasteiger partial charge in [-0.05, 0) is 38.5 Å². The van der Waals surface area contributed by atoms with Gasteiger partial charge in [0.1, 0.15) is 11.4 Å². The van der Waals surface area contributed by atoms with Gasteiger partial charge in [-0.15, -0.1) is 0 Å². The minimum atomic E-state index is -5.77. The predicted octanol–water partition coefficient (Wildman–Crippen LogP) is 4.56. The van der Waals surface area contributed by atoms with Crippen molar-refractivity contribution in [1.82, 2.24) is 9.96 Å². The summed E-state index contributed by atoms with van der Waals surface area (Å²) < 4.78 is 72.7. The molecule has 1 N–H and O–H groups in total. The van der Waals surface area contributed by atoms with Crippen LogP contribution in [0.1, 0.15) is 44.7 Å². The fourth-order valence-electron chi connectivity index (χ4n) is 3.70. The Balaban J connectivity index is 2.25. The highest BCUT2D eigenvalue weighted by molar-refractivity contribution is 5.91. The number of hydrogen-bond acceptors (Lipinski definition) is 4. The number of rotatable bonds is 5. The van der Waals surface area contributed by atoms with Gasteiger partial charge in [-0.1, -0.05) is 6.92 Å². The predicted molar refractivity (Wildman–Crippen MR) is 98.0 cm³/mol. The molecule has 0 aliphatic carbocycles. The molecule has 1 fully saturated rings. The molecule has 2 heterocycles. The highest BCUT2D eigenvalue weighted by Crippen LogP contribution is 2.48. The van der Waals surface area contributed by atoms with Gasteiger partial charge in [0.25, 0.3) is 0 Å². The third kappa shape index (κ3) is 3.78. The molecule has 0 bridgehead atoms. The van der Waals surface area contributed by atoms with Crippen molar-refractivity contribution in [2.45, 2.75) is 51.3 Å². The monoisotopic (exact) mass is 434 g/mol. The van der Waals surface area contributed by atoms with Crippen LogP contribution in [0, 0.1) is 0 Å². The van der Waals surface area contributed by atoms with Crippen LogP contribution in [0.25, 0.3) is 5.70 Å². The van der Waals surface area contributed by atoms with Gasteiger partial charge in [0.05, 0.1) is 12.2 Å². The lowest BCUT2D eigenvalue weighted by molar-refractivity contribution is -0.289. The lowest BCUT2D eigenvalue weighted by atomic mass is 9.87. The van der Waals surface area contributed by atoms with Crippen molar-refractivity contribution in [2.75, 3.05) is 19.6 Å². The average molecular weight is 434 g/mol. The number of alkyl halides is 5. The maximum absolute atomic E-state index is 14.0. The lowest BCUT2D eigenvalue weighted by Gasteiger charge is -2.40. The van der Waals surface area contributed by atoms with E-state index in [1.165, 1.54) is 4.90 Å². The van der Waals surface area contributed by atoms with Crippen molar-refractivity contribution in [2.24, 2.45) is 0 Å². The number of halogens is 5. The van der Waals surface area contributed by atoms with Crippen molar-refractivity contribution in [1.29, 1.82) is 0 Å². The zero-order chi connectivity index (χ0) is 22.5. The molecule has 30 heavy (non-hydrogen) atoms. The second-order valence-corrected chi connectivity index (χ2v) is 7.85. The molecule has 0 radical (unpaired) electrons. The Hall–Kier alpha value is -2.20. The number of likely N-dealkylation sites (tertiary alicyclic amines) is 1. The summed E-state index contributed by atoms with van der Waals surface area (Å²) in [5.41, 5.74) is -1.66. The number of hydroxylamine groups is 2. The maximum atomic E-state index is 14.0. The van der Waals surface area contributed by atoms with Crippen LogP contribution >= 0.6 is 0 Å². The van der Waals surface area contributed by atoms with Gasteiger partial charge >= 0.3 is 12.1 Å². The molecular formula is C20H23F5N2O3. The molecule has 1 amide bonds. The number of nitrogens with zero attached hydrogens (tertiary/aromatic N) is 2. The van der Waals surface area contributed by atoms with E-state index in [0.29, 0.717) is 24.6 Å². The Kier molecular flexibility index (Phi) is 5.61. The molecule has 2 aliphatic heterocycles. The fraction of sp³-hybridized carbons (Fsp3) is 0.550. The summed E-state index contributed by atoms with van der Waals surface area (Å²) in [6.45, 7) is 5.53. The van der Waals surface area contributed by atoms with Crippen LogP contribution in [-0.4, -0.2) is 52.5 Å². The van der Waals surface area contributed by atoms with Crippen molar-refractivity contribution >= 4 is 11.6 Å². The smallest absolute Gasteiger partial charge is 0.458 e. The molecule has 0 spiro atoms. The fourth-order valence-corrected chi connectivity index (χ4v) is 3.70. The first kappa shape index (κ1) is 22.5. The second kappa shape index (κ2) is 7.49. The normalized spacial score (nSPS) is 19.4. The van der Waals surface area contributed by atoms with Crippen LogP contribution in [0.4, 0.5) is 22.0 Å². The first-order chi connectivity index (χ1) is 13.8. The van der Waals surface area contributed by atoms with E-state index in [1.807, 2.05) is 0 Å². The SMILES string of the molecule is CCN(O)CC1=C(N2CCCC2=O)c2cc(C(F)(F)C(F)(F)F)ccc2OC1(C)C. The quantitative estimate of drug-likeness (QED) is 0.546. The van der Waals surface area contributed by atoms with E-state index in [2.05, 4.69) is 0 Å². The molecule has 5 nitrogen and oxygen atoms in total. The van der Waals surface area contributed by atoms with E-state index >= 15 is 0 Å². The molecular weight excluding hydrogens is 411 g/mol. The van der Waals surface area contributed by atoms with E-state index in [0.717, 1.165) is 17.2 Å². The molecule has 0 unspecified atom stereocenters. The van der Waals surface area contributed by atoms with Crippen molar-refractivity contribution in [3.63, 3.8) is 0 Å². The molecule has 1 saturated heterocycles. The third-order valence-electron chi connectivity index (χ3n) is 5.38. The maximum Gasteiger partial charge on any atom is 0.458 e. The number of benzene rings is 1. The van der Waals surface area contributed by atoms with Crippen LogP contribution in [-0.2, 0) is 10.7 Å². The highest BCUT2D eigenvalue weighted by Gasteiger charge is 2.59. The summed E-state index contributed by atoms with van der Waals surface area (Å²) in [4.78, 5) is 13.9. The molecule has 166 valence electrons. The van der Waals surface area contributed by atoms with Crippen LogP contribution in [0.2, 0.25) is 0 Å².